The monoisotopic (exact) mass is 447 g/mol. The molecule has 1 amide bonds. The molecule has 0 radical (unpaired) electrons. The van der Waals surface area contributed by atoms with E-state index in [0.717, 1.165) is 18.3 Å². The van der Waals surface area contributed by atoms with Gasteiger partial charge >= 0.3 is 0 Å². The molecule has 4 rings (SSSR count). The number of guanidine groups is 1. The number of carbonyl (C=O) groups excluding carboxylic acids is 2. The lowest BCUT2D eigenvalue weighted by molar-refractivity contribution is -0.121. The van der Waals surface area contributed by atoms with Gasteiger partial charge in [0.2, 0.25) is 5.96 Å². The van der Waals surface area contributed by atoms with Gasteiger partial charge < -0.3 is 15.2 Å². The molecule has 1 saturated carbocycles. The molecule has 2 aliphatic rings. The van der Waals surface area contributed by atoms with Gasteiger partial charge in [-0.05, 0) is 36.8 Å². The van der Waals surface area contributed by atoms with Gasteiger partial charge in [-0.1, -0.05) is 0 Å². The molecule has 2 heterocycles. The molecule has 3 unspecified atom stereocenters. The first-order valence-electron chi connectivity index (χ1n) is 9.47. The summed E-state index contributed by atoms with van der Waals surface area (Å²) in [5.41, 5.74) is -0.898. The smallest absolute Gasteiger partial charge is 0.274 e. The molecule has 3 atom stereocenters. The van der Waals surface area contributed by atoms with E-state index >= 15 is 0 Å². The molecule has 11 heteroatoms. The second-order valence-electron chi connectivity index (χ2n) is 7.46. The second-order valence-corrected chi connectivity index (χ2v) is 9.13. The van der Waals surface area contributed by atoms with Crippen molar-refractivity contribution in [2.45, 2.75) is 30.1 Å². The summed E-state index contributed by atoms with van der Waals surface area (Å²) >= 11 is -1.72. The van der Waals surface area contributed by atoms with Crippen molar-refractivity contribution in [3.63, 3.8) is 0 Å². The fourth-order valence-corrected chi connectivity index (χ4v) is 5.55. The number of pyridine rings is 1. The molecule has 1 aliphatic carbocycles. The Balaban J connectivity index is 1.71. The maximum absolute atomic E-state index is 15.0. The van der Waals surface area contributed by atoms with Gasteiger partial charge in [0.15, 0.2) is 5.25 Å². The highest BCUT2D eigenvalue weighted by Gasteiger charge is 2.58. The number of nitrogens with one attached hydrogen (secondary N) is 3. The first-order chi connectivity index (χ1) is 14.7. The van der Waals surface area contributed by atoms with Crippen LogP contribution in [0.25, 0.3) is 0 Å². The Morgan fingerprint density at radius 3 is 2.87 bits per heavy atom. The molecule has 2 aromatic rings. The average molecular weight is 447 g/mol. The van der Waals surface area contributed by atoms with Crippen LogP contribution in [0.1, 0.15) is 35.3 Å². The number of Topliss-reactive ketones (excluding diaryl/α,β-unsaturated/α-hetero) is 1. The van der Waals surface area contributed by atoms with E-state index in [1.807, 2.05) is 0 Å². The number of hydrogen-bond donors (Lipinski definition) is 3. The molecule has 8 nitrogen and oxygen atoms in total. The Labute approximate surface area is 179 Å². The lowest BCUT2D eigenvalue weighted by Gasteiger charge is -2.49. The van der Waals surface area contributed by atoms with Gasteiger partial charge in [0.05, 0.1) is 31.0 Å². The largest absolute Gasteiger partial charge is 0.593 e. The van der Waals surface area contributed by atoms with Crippen LogP contribution in [-0.2, 0) is 21.7 Å². The molecule has 162 valence electrons. The number of halogens is 2. The third-order valence-electron chi connectivity index (χ3n) is 5.60. The summed E-state index contributed by atoms with van der Waals surface area (Å²) in [6.07, 6.45) is 1.20. The van der Waals surface area contributed by atoms with Crippen molar-refractivity contribution >= 4 is 34.7 Å². The standard InChI is InChI=1S/C20H19F2N5O3S/c1-27-19(23)26-20(7-6-13(28)9-17(20)31(27)30)14-8-12(3-4-15(14)22)25-18(29)16-5-2-11(21)10-24-16/h2-5,8,10,17H,6-7,9H2,1H3,(H2,23,26)(H,25,29). The maximum Gasteiger partial charge on any atom is 0.274 e. The van der Waals surface area contributed by atoms with Gasteiger partial charge in [0.1, 0.15) is 28.7 Å². The Hall–Kier alpha value is -3.05. The number of carbonyl (C=O) groups is 2. The second kappa shape index (κ2) is 7.89. The third kappa shape index (κ3) is 3.74. The summed E-state index contributed by atoms with van der Waals surface area (Å²) < 4.78 is 42.2. The zero-order valence-corrected chi connectivity index (χ0v) is 17.3. The van der Waals surface area contributed by atoms with Crippen molar-refractivity contribution in [2.24, 2.45) is 0 Å². The number of ketones is 1. The minimum Gasteiger partial charge on any atom is -0.593 e. The molecule has 2 fully saturated rings. The molecule has 1 aliphatic heterocycles. The molecule has 0 spiro atoms. The van der Waals surface area contributed by atoms with E-state index < -0.39 is 39.7 Å². The lowest BCUT2D eigenvalue weighted by atomic mass is 9.75. The van der Waals surface area contributed by atoms with Gasteiger partial charge in [-0.25, -0.2) is 13.8 Å². The Bertz CT molecular complexity index is 1070. The van der Waals surface area contributed by atoms with Crippen LogP contribution in [0, 0.1) is 17.0 Å². The predicted octanol–water partition coefficient (Wildman–Crippen LogP) is 2.06. The molecule has 3 N–H and O–H groups in total. The van der Waals surface area contributed by atoms with E-state index in [9.17, 15) is 22.9 Å². The van der Waals surface area contributed by atoms with Crippen molar-refractivity contribution in [3.8, 4) is 0 Å². The van der Waals surface area contributed by atoms with Crippen LogP contribution >= 0.6 is 0 Å². The van der Waals surface area contributed by atoms with Gasteiger partial charge in [-0.3, -0.25) is 15.0 Å². The highest BCUT2D eigenvalue weighted by atomic mass is 32.2. The number of rotatable bonds is 3. The number of aromatic nitrogens is 1. The highest BCUT2D eigenvalue weighted by Crippen LogP contribution is 2.44. The number of anilines is 1. The normalized spacial score (nSPS) is 25.6. The van der Waals surface area contributed by atoms with Crippen molar-refractivity contribution in [2.75, 3.05) is 12.4 Å². The summed E-state index contributed by atoms with van der Waals surface area (Å²) in [7, 11) is 1.47. The number of hydrogen-bond acceptors (Lipinski definition) is 5. The van der Waals surface area contributed by atoms with E-state index in [-0.39, 0.29) is 48.0 Å². The molecule has 1 saturated heterocycles. The molecule has 31 heavy (non-hydrogen) atoms. The van der Waals surface area contributed by atoms with Crippen molar-refractivity contribution in [1.29, 1.82) is 5.41 Å². The van der Waals surface area contributed by atoms with Crippen LogP contribution in [0.4, 0.5) is 14.5 Å². The quantitative estimate of drug-likeness (QED) is 0.620. The van der Waals surface area contributed by atoms with Crippen molar-refractivity contribution in [3.05, 3.63) is 59.4 Å². The number of nitrogens with zero attached hydrogens (tertiary/aromatic N) is 2. The third-order valence-corrected chi connectivity index (χ3v) is 7.37. The fourth-order valence-electron chi connectivity index (χ4n) is 3.96. The van der Waals surface area contributed by atoms with Crippen LogP contribution in [-0.4, -0.2) is 43.8 Å². The first kappa shape index (κ1) is 21.2. The van der Waals surface area contributed by atoms with Crippen LogP contribution in [0.15, 0.2) is 36.5 Å². The number of amides is 1. The summed E-state index contributed by atoms with van der Waals surface area (Å²) in [5, 5.41) is 12.9. The number of benzene rings is 1. The SMILES string of the molecule is CN1C(=N)NC2(c3cc(NC(=O)c4ccc(F)cn4)ccc3F)CCC(=O)CC2[S+]1[O-]. The van der Waals surface area contributed by atoms with Gasteiger partial charge in [0.25, 0.3) is 5.91 Å². The molecule has 0 bridgehead atoms. The Morgan fingerprint density at radius 2 is 2.16 bits per heavy atom. The highest BCUT2D eigenvalue weighted by molar-refractivity contribution is 7.90. The average Bonchev–Trinajstić information content (AvgIpc) is 2.75. The van der Waals surface area contributed by atoms with E-state index in [4.69, 9.17) is 5.41 Å². The Kier molecular flexibility index (Phi) is 5.40. The van der Waals surface area contributed by atoms with Crippen LogP contribution < -0.4 is 10.6 Å². The van der Waals surface area contributed by atoms with E-state index in [2.05, 4.69) is 15.6 Å². The maximum atomic E-state index is 15.0. The zero-order valence-electron chi connectivity index (χ0n) is 16.4. The van der Waals surface area contributed by atoms with Crippen molar-refractivity contribution in [1.82, 2.24) is 14.6 Å². The summed E-state index contributed by atoms with van der Waals surface area (Å²) in [5.74, 6) is -2.03. The van der Waals surface area contributed by atoms with E-state index in [1.54, 1.807) is 0 Å². The van der Waals surface area contributed by atoms with Crippen LogP contribution in [0.2, 0.25) is 0 Å². The van der Waals surface area contributed by atoms with Gasteiger partial charge in [0, 0.05) is 17.7 Å². The van der Waals surface area contributed by atoms with E-state index in [0.29, 0.717) is 0 Å². The lowest BCUT2D eigenvalue weighted by Crippen LogP contribution is -2.69. The topological polar surface area (TPSA) is 121 Å². The first-order valence-corrected chi connectivity index (χ1v) is 10.6. The summed E-state index contributed by atoms with van der Waals surface area (Å²) in [4.78, 5) is 28.2. The van der Waals surface area contributed by atoms with Gasteiger partial charge in [-0.15, -0.1) is 0 Å². The fraction of sp³-hybridized carbons (Fsp3) is 0.300. The zero-order chi connectivity index (χ0) is 22.3. The minimum absolute atomic E-state index is 0.0211. The van der Waals surface area contributed by atoms with E-state index in [1.165, 1.54) is 29.6 Å². The minimum atomic E-state index is -1.72. The summed E-state index contributed by atoms with van der Waals surface area (Å²) in [6.45, 7) is 0. The van der Waals surface area contributed by atoms with Gasteiger partial charge in [-0.2, -0.15) is 4.31 Å². The summed E-state index contributed by atoms with van der Waals surface area (Å²) in [6, 6.07) is 6.25. The predicted molar refractivity (Wildman–Crippen MR) is 110 cm³/mol. The van der Waals surface area contributed by atoms with Crippen LogP contribution in [0.3, 0.4) is 0 Å². The van der Waals surface area contributed by atoms with Crippen molar-refractivity contribution < 1.29 is 22.9 Å². The molecular weight excluding hydrogens is 428 g/mol. The van der Waals surface area contributed by atoms with Crippen LogP contribution in [0.5, 0.6) is 0 Å². The molecule has 1 aromatic carbocycles. The number of fused-ring (bicyclic) bond motifs is 1. The Morgan fingerprint density at radius 1 is 1.39 bits per heavy atom. The molecule has 1 aromatic heterocycles. The molecular formula is C20H19F2N5O3S.